The van der Waals surface area contributed by atoms with Gasteiger partial charge in [-0.15, -0.1) is 0 Å². The first-order valence-corrected chi connectivity index (χ1v) is 8.11. The number of aromatic nitrogens is 2. The molecule has 0 saturated carbocycles. The van der Waals surface area contributed by atoms with Gasteiger partial charge in [-0.3, -0.25) is 14.3 Å². The lowest BCUT2D eigenvalue weighted by Crippen LogP contribution is -2.32. The zero-order valence-corrected chi connectivity index (χ0v) is 15.3. The summed E-state index contributed by atoms with van der Waals surface area (Å²) in [5, 5.41) is 9.73. The number of hydrogen-bond donors (Lipinski definition) is 2. The molecule has 1 aromatic heterocycles. The predicted molar refractivity (Wildman–Crippen MR) is 99.3 cm³/mol. The monoisotopic (exact) mass is 340 g/mol. The maximum Gasteiger partial charge on any atom is 0.244 e. The van der Waals surface area contributed by atoms with Gasteiger partial charge in [0.15, 0.2) is 0 Å². The van der Waals surface area contributed by atoms with E-state index in [-0.39, 0.29) is 18.4 Å². The Labute approximate surface area is 147 Å². The molecule has 2 amide bonds. The number of nitrogens with zero attached hydrogens (tertiary/aromatic N) is 2. The molecule has 6 heteroatoms. The van der Waals surface area contributed by atoms with Crippen molar-refractivity contribution in [2.24, 2.45) is 7.05 Å². The minimum absolute atomic E-state index is 0.0814. The molecule has 0 unspecified atom stereocenters. The second-order valence-electron chi connectivity index (χ2n) is 6.07. The van der Waals surface area contributed by atoms with Crippen LogP contribution in [0.15, 0.2) is 24.3 Å². The number of nitrogens with one attached hydrogen (secondary N) is 2. The van der Waals surface area contributed by atoms with Crippen LogP contribution >= 0.6 is 0 Å². The molecule has 2 aromatic rings. The van der Waals surface area contributed by atoms with E-state index in [1.807, 2.05) is 52.9 Å². The third-order valence-corrected chi connectivity index (χ3v) is 4.14. The van der Waals surface area contributed by atoms with E-state index in [4.69, 9.17) is 0 Å². The molecule has 0 saturated heterocycles. The summed E-state index contributed by atoms with van der Waals surface area (Å²) in [5.41, 5.74) is 5.52. The zero-order valence-electron chi connectivity index (χ0n) is 15.3. The average Bonchev–Trinajstić information content (AvgIpc) is 2.80. The van der Waals surface area contributed by atoms with Crippen LogP contribution in [0.25, 0.3) is 6.08 Å². The molecule has 2 rings (SSSR count). The van der Waals surface area contributed by atoms with Crippen LogP contribution in [0.2, 0.25) is 0 Å². The lowest BCUT2D eigenvalue weighted by atomic mass is 10.1. The van der Waals surface area contributed by atoms with E-state index in [2.05, 4.69) is 15.7 Å². The van der Waals surface area contributed by atoms with Crippen molar-refractivity contribution in [2.45, 2.75) is 27.7 Å². The van der Waals surface area contributed by atoms with Gasteiger partial charge in [-0.25, -0.2) is 0 Å². The molecule has 1 heterocycles. The van der Waals surface area contributed by atoms with Gasteiger partial charge in [0.2, 0.25) is 11.8 Å². The van der Waals surface area contributed by atoms with E-state index in [9.17, 15) is 9.59 Å². The Bertz CT molecular complexity index is 814. The van der Waals surface area contributed by atoms with E-state index in [1.54, 1.807) is 10.8 Å². The van der Waals surface area contributed by atoms with E-state index in [0.29, 0.717) is 0 Å². The van der Waals surface area contributed by atoms with Gasteiger partial charge in [-0.2, -0.15) is 5.10 Å². The molecule has 0 bridgehead atoms. The number of para-hydroxylation sites is 1. The van der Waals surface area contributed by atoms with Crippen molar-refractivity contribution in [3.8, 4) is 0 Å². The van der Waals surface area contributed by atoms with Crippen LogP contribution in [-0.2, 0) is 16.6 Å². The summed E-state index contributed by atoms with van der Waals surface area (Å²) in [6.45, 7) is 7.62. The summed E-state index contributed by atoms with van der Waals surface area (Å²) >= 11 is 0. The zero-order chi connectivity index (χ0) is 18.6. The Morgan fingerprint density at radius 2 is 1.80 bits per heavy atom. The summed E-state index contributed by atoms with van der Waals surface area (Å²) in [7, 11) is 1.86. The smallest absolute Gasteiger partial charge is 0.244 e. The minimum Gasteiger partial charge on any atom is -0.343 e. The highest BCUT2D eigenvalue weighted by atomic mass is 16.2. The van der Waals surface area contributed by atoms with Crippen molar-refractivity contribution in [1.29, 1.82) is 0 Å². The number of carbonyl (C=O) groups excluding carboxylic acids is 2. The molecule has 0 radical (unpaired) electrons. The highest BCUT2D eigenvalue weighted by molar-refractivity contribution is 5.98. The Morgan fingerprint density at radius 1 is 1.16 bits per heavy atom. The van der Waals surface area contributed by atoms with Gasteiger partial charge in [0.1, 0.15) is 0 Å². The maximum absolute atomic E-state index is 12.0. The maximum atomic E-state index is 12.0. The Hall–Kier alpha value is -2.89. The fraction of sp³-hybridized carbons (Fsp3) is 0.316. The first-order valence-electron chi connectivity index (χ1n) is 8.11. The number of rotatable bonds is 5. The normalized spacial score (nSPS) is 10.9. The second-order valence-corrected chi connectivity index (χ2v) is 6.07. The molecule has 0 fully saturated rings. The highest BCUT2D eigenvalue weighted by Gasteiger charge is 2.09. The molecule has 2 N–H and O–H groups in total. The lowest BCUT2D eigenvalue weighted by molar-refractivity contribution is -0.121. The van der Waals surface area contributed by atoms with Crippen LogP contribution in [0.4, 0.5) is 5.69 Å². The van der Waals surface area contributed by atoms with E-state index >= 15 is 0 Å². The van der Waals surface area contributed by atoms with Crippen molar-refractivity contribution in [3.05, 3.63) is 52.4 Å². The summed E-state index contributed by atoms with van der Waals surface area (Å²) in [4.78, 5) is 24.0. The van der Waals surface area contributed by atoms with Crippen molar-refractivity contribution in [1.82, 2.24) is 15.1 Å². The fourth-order valence-electron chi connectivity index (χ4n) is 2.61. The molecule has 1 aromatic carbocycles. The molecule has 0 atom stereocenters. The number of anilines is 1. The summed E-state index contributed by atoms with van der Waals surface area (Å²) in [6.07, 6.45) is 3.14. The summed E-state index contributed by atoms with van der Waals surface area (Å²) < 4.78 is 1.77. The first kappa shape index (κ1) is 18.4. The quantitative estimate of drug-likeness (QED) is 0.821. The SMILES string of the molecule is Cc1cccc(C)c1NC(=O)CNC(=O)/C=C/c1c(C)nn(C)c1C. The Morgan fingerprint density at radius 3 is 2.36 bits per heavy atom. The van der Waals surface area contributed by atoms with Gasteiger partial charge < -0.3 is 10.6 Å². The number of aryl methyl sites for hydroxylation is 4. The van der Waals surface area contributed by atoms with Crippen molar-refractivity contribution >= 4 is 23.6 Å². The average molecular weight is 340 g/mol. The van der Waals surface area contributed by atoms with E-state index < -0.39 is 0 Å². The third-order valence-electron chi connectivity index (χ3n) is 4.14. The molecule has 132 valence electrons. The number of benzene rings is 1. The molecule has 6 nitrogen and oxygen atoms in total. The topological polar surface area (TPSA) is 76.0 Å². The van der Waals surface area contributed by atoms with Crippen LogP contribution < -0.4 is 10.6 Å². The summed E-state index contributed by atoms with van der Waals surface area (Å²) in [6, 6.07) is 5.81. The van der Waals surface area contributed by atoms with Crippen LogP contribution in [-0.4, -0.2) is 28.1 Å². The van der Waals surface area contributed by atoms with Gasteiger partial charge in [-0.1, -0.05) is 18.2 Å². The molecular weight excluding hydrogens is 316 g/mol. The third kappa shape index (κ3) is 4.56. The van der Waals surface area contributed by atoms with Gasteiger partial charge in [0.05, 0.1) is 12.2 Å². The Balaban J connectivity index is 1.91. The van der Waals surface area contributed by atoms with Gasteiger partial charge in [0, 0.05) is 30.1 Å². The van der Waals surface area contributed by atoms with Gasteiger partial charge >= 0.3 is 0 Å². The molecular formula is C19H24N4O2. The molecule has 25 heavy (non-hydrogen) atoms. The van der Waals surface area contributed by atoms with E-state index in [1.165, 1.54) is 6.08 Å². The minimum atomic E-state index is -0.320. The molecule has 0 spiro atoms. The van der Waals surface area contributed by atoms with Gasteiger partial charge in [0.25, 0.3) is 0 Å². The van der Waals surface area contributed by atoms with E-state index in [0.717, 1.165) is 33.8 Å². The first-order chi connectivity index (χ1) is 11.8. The number of amides is 2. The Kier molecular flexibility index (Phi) is 5.75. The van der Waals surface area contributed by atoms with Crippen LogP contribution in [0.1, 0.15) is 28.1 Å². The molecule has 0 aliphatic heterocycles. The molecule has 0 aliphatic rings. The standard InChI is InChI=1S/C19H24N4O2/c1-12-7-6-8-13(2)19(12)21-18(25)11-20-17(24)10-9-16-14(3)22-23(5)15(16)4/h6-10H,11H2,1-5H3,(H,20,24)(H,21,25)/b10-9+. The number of hydrogen-bond acceptors (Lipinski definition) is 3. The second kappa shape index (κ2) is 7.79. The fourth-order valence-corrected chi connectivity index (χ4v) is 2.61. The largest absolute Gasteiger partial charge is 0.343 e. The molecule has 0 aliphatic carbocycles. The predicted octanol–water partition coefficient (Wildman–Crippen LogP) is 2.42. The van der Waals surface area contributed by atoms with Gasteiger partial charge in [-0.05, 0) is 44.9 Å². The van der Waals surface area contributed by atoms with Crippen molar-refractivity contribution < 1.29 is 9.59 Å². The lowest BCUT2D eigenvalue weighted by Gasteiger charge is -2.11. The number of carbonyl (C=O) groups is 2. The van der Waals surface area contributed by atoms with Crippen molar-refractivity contribution in [2.75, 3.05) is 11.9 Å². The summed E-state index contributed by atoms with van der Waals surface area (Å²) in [5.74, 6) is -0.577. The van der Waals surface area contributed by atoms with Crippen molar-refractivity contribution in [3.63, 3.8) is 0 Å². The van der Waals surface area contributed by atoms with Crippen LogP contribution in [0, 0.1) is 27.7 Å². The highest BCUT2D eigenvalue weighted by Crippen LogP contribution is 2.19. The van der Waals surface area contributed by atoms with Crippen LogP contribution in [0.3, 0.4) is 0 Å². The van der Waals surface area contributed by atoms with Crippen LogP contribution in [0.5, 0.6) is 0 Å².